The fourth-order valence-electron chi connectivity index (χ4n) is 1.88. The fourth-order valence-corrected chi connectivity index (χ4v) is 1.88. The number of phenolic OH excluding ortho intramolecular Hbond substituents is 1. The lowest BCUT2D eigenvalue weighted by atomic mass is 10.2. The van der Waals surface area contributed by atoms with Crippen molar-refractivity contribution in [3.05, 3.63) is 24.3 Å². The van der Waals surface area contributed by atoms with E-state index in [-0.39, 0.29) is 5.75 Å². The Kier molecular flexibility index (Phi) is 8.83. The van der Waals surface area contributed by atoms with Gasteiger partial charge in [-0.15, -0.1) is 0 Å². The van der Waals surface area contributed by atoms with E-state index in [2.05, 4.69) is 18.7 Å². The third kappa shape index (κ3) is 6.78. The van der Waals surface area contributed by atoms with Gasteiger partial charge in [-0.25, -0.2) is 0 Å². The lowest BCUT2D eigenvalue weighted by molar-refractivity contribution is 0.129. The summed E-state index contributed by atoms with van der Waals surface area (Å²) in [6, 6.07) is 7.27. The average molecular weight is 281 g/mol. The molecule has 1 N–H and O–H groups in total. The van der Waals surface area contributed by atoms with Crippen LogP contribution in [0.5, 0.6) is 5.75 Å². The Bertz CT molecular complexity index is 328. The number of aromatic hydroxyl groups is 1. The molecule has 0 amide bonds. The molecular weight excluding hydrogens is 254 g/mol. The molecule has 0 aromatic heterocycles. The lowest BCUT2D eigenvalue weighted by Crippen LogP contribution is -2.31. The maximum absolute atomic E-state index is 9.36. The quantitative estimate of drug-likeness (QED) is 0.633. The van der Waals surface area contributed by atoms with E-state index in [4.69, 9.17) is 9.47 Å². The van der Waals surface area contributed by atoms with Crippen molar-refractivity contribution >= 4 is 5.69 Å². The summed E-state index contributed by atoms with van der Waals surface area (Å²) >= 11 is 0. The van der Waals surface area contributed by atoms with Crippen LogP contribution in [0.2, 0.25) is 0 Å². The molecule has 0 saturated heterocycles. The van der Waals surface area contributed by atoms with Gasteiger partial charge in [0.05, 0.1) is 13.2 Å². The molecule has 1 aromatic carbocycles. The van der Waals surface area contributed by atoms with Gasteiger partial charge in [-0.1, -0.05) is 13.8 Å². The smallest absolute Gasteiger partial charge is 0.115 e. The molecule has 0 aliphatic rings. The van der Waals surface area contributed by atoms with Gasteiger partial charge in [0, 0.05) is 32.0 Å². The van der Waals surface area contributed by atoms with Crippen molar-refractivity contribution in [2.45, 2.75) is 26.7 Å². The third-order valence-corrected chi connectivity index (χ3v) is 2.92. The molecule has 1 rings (SSSR count). The van der Waals surface area contributed by atoms with E-state index in [9.17, 15) is 5.11 Å². The van der Waals surface area contributed by atoms with Crippen LogP contribution in [0.1, 0.15) is 26.7 Å². The zero-order chi connectivity index (χ0) is 14.6. The molecule has 0 unspecified atom stereocenters. The molecule has 0 bridgehead atoms. The summed E-state index contributed by atoms with van der Waals surface area (Å²) in [4.78, 5) is 2.23. The molecule has 0 aliphatic heterocycles. The number of benzene rings is 1. The summed E-state index contributed by atoms with van der Waals surface area (Å²) in [6.45, 7) is 8.91. The zero-order valence-electron chi connectivity index (χ0n) is 12.7. The summed E-state index contributed by atoms with van der Waals surface area (Å²) in [5, 5.41) is 9.36. The first-order chi connectivity index (χ1) is 9.77. The molecule has 0 spiro atoms. The number of hydrogen-bond donors (Lipinski definition) is 1. The fraction of sp³-hybridized carbons (Fsp3) is 0.625. The van der Waals surface area contributed by atoms with Crippen molar-refractivity contribution < 1.29 is 14.6 Å². The maximum Gasteiger partial charge on any atom is 0.115 e. The minimum Gasteiger partial charge on any atom is -0.508 e. The van der Waals surface area contributed by atoms with E-state index in [1.165, 1.54) is 0 Å². The van der Waals surface area contributed by atoms with Crippen LogP contribution < -0.4 is 4.90 Å². The highest BCUT2D eigenvalue weighted by molar-refractivity contribution is 5.48. The lowest BCUT2D eigenvalue weighted by Gasteiger charge is -2.24. The summed E-state index contributed by atoms with van der Waals surface area (Å²) in [5.74, 6) is 0.290. The Morgan fingerprint density at radius 2 is 1.35 bits per heavy atom. The van der Waals surface area contributed by atoms with Gasteiger partial charge in [0.25, 0.3) is 0 Å². The average Bonchev–Trinajstić information content (AvgIpc) is 2.47. The predicted molar refractivity (Wildman–Crippen MR) is 82.5 cm³/mol. The summed E-state index contributed by atoms with van der Waals surface area (Å²) in [5.41, 5.74) is 1.09. The molecule has 0 aliphatic carbocycles. The topological polar surface area (TPSA) is 41.9 Å². The van der Waals surface area contributed by atoms with Gasteiger partial charge < -0.3 is 19.5 Å². The van der Waals surface area contributed by atoms with Crippen LogP contribution in [-0.2, 0) is 9.47 Å². The van der Waals surface area contributed by atoms with Crippen LogP contribution in [0.3, 0.4) is 0 Å². The standard InChI is InChI=1S/C16H27NO3/c1-3-11-19-13-9-17(10-14-20-12-4-2)15-5-7-16(18)8-6-15/h5-8,18H,3-4,9-14H2,1-2H3. The summed E-state index contributed by atoms with van der Waals surface area (Å²) in [7, 11) is 0. The molecule has 0 heterocycles. The molecule has 0 radical (unpaired) electrons. The van der Waals surface area contributed by atoms with Gasteiger partial charge in [-0.3, -0.25) is 0 Å². The summed E-state index contributed by atoms with van der Waals surface area (Å²) < 4.78 is 11.1. The van der Waals surface area contributed by atoms with Crippen molar-refractivity contribution in [3.63, 3.8) is 0 Å². The molecule has 0 fully saturated rings. The molecule has 20 heavy (non-hydrogen) atoms. The van der Waals surface area contributed by atoms with E-state index in [0.29, 0.717) is 13.2 Å². The van der Waals surface area contributed by atoms with Crippen molar-refractivity contribution in [3.8, 4) is 5.75 Å². The number of phenols is 1. The zero-order valence-corrected chi connectivity index (χ0v) is 12.7. The highest BCUT2D eigenvalue weighted by Crippen LogP contribution is 2.18. The van der Waals surface area contributed by atoms with Crippen molar-refractivity contribution in [2.75, 3.05) is 44.4 Å². The second-order valence-corrected chi connectivity index (χ2v) is 4.73. The van der Waals surface area contributed by atoms with Crippen molar-refractivity contribution in [2.24, 2.45) is 0 Å². The Morgan fingerprint density at radius 3 is 1.80 bits per heavy atom. The van der Waals surface area contributed by atoms with Crippen LogP contribution in [0.4, 0.5) is 5.69 Å². The maximum atomic E-state index is 9.36. The Balaban J connectivity index is 2.47. The van der Waals surface area contributed by atoms with E-state index < -0.39 is 0 Å². The van der Waals surface area contributed by atoms with Crippen molar-refractivity contribution in [1.29, 1.82) is 0 Å². The minimum atomic E-state index is 0.290. The summed E-state index contributed by atoms with van der Waals surface area (Å²) in [6.07, 6.45) is 2.08. The second kappa shape index (κ2) is 10.5. The SMILES string of the molecule is CCCOCCN(CCOCCC)c1ccc(O)cc1. The first-order valence-electron chi connectivity index (χ1n) is 7.47. The highest BCUT2D eigenvalue weighted by Gasteiger charge is 2.06. The van der Waals surface area contributed by atoms with Gasteiger partial charge in [0.1, 0.15) is 5.75 Å². The first-order valence-corrected chi connectivity index (χ1v) is 7.47. The van der Waals surface area contributed by atoms with E-state index in [0.717, 1.165) is 44.8 Å². The van der Waals surface area contributed by atoms with Crippen LogP contribution in [0.15, 0.2) is 24.3 Å². The molecular formula is C16H27NO3. The number of rotatable bonds is 11. The monoisotopic (exact) mass is 281 g/mol. The number of anilines is 1. The van der Waals surface area contributed by atoms with Gasteiger partial charge in [-0.2, -0.15) is 0 Å². The van der Waals surface area contributed by atoms with Gasteiger partial charge in [0.2, 0.25) is 0 Å². The van der Waals surface area contributed by atoms with Crippen LogP contribution >= 0.6 is 0 Å². The number of ether oxygens (including phenoxy) is 2. The molecule has 114 valence electrons. The third-order valence-electron chi connectivity index (χ3n) is 2.92. The molecule has 4 heteroatoms. The Hall–Kier alpha value is -1.26. The van der Waals surface area contributed by atoms with Crippen LogP contribution in [0, 0.1) is 0 Å². The van der Waals surface area contributed by atoms with Gasteiger partial charge in [0.15, 0.2) is 0 Å². The van der Waals surface area contributed by atoms with Crippen molar-refractivity contribution in [1.82, 2.24) is 0 Å². The van der Waals surface area contributed by atoms with Gasteiger partial charge in [-0.05, 0) is 37.1 Å². The van der Waals surface area contributed by atoms with E-state index >= 15 is 0 Å². The van der Waals surface area contributed by atoms with Gasteiger partial charge >= 0.3 is 0 Å². The molecule has 0 atom stereocenters. The number of hydrogen-bond acceptors (Lipinski definition) is 4. The Labute approximate surface area is 122 Å². The van der Waals surface area contributed by atoms with E-state index in [1.807, 2.05) is 12.1 Å². The van der Waals surface area contributed by atoms with Crippen LogP contribution in [-0.4, -0.2) is 44.6 Å². The molecule has 0 saturated carbocycles. The first kappa shape index (κ1) is 16.8. The molecule has 1 aromatic rings. The Morgan fingerprint density at radius 1 is 0.850 bits per heavy atom. The highest BCUT2D eigenvalue weighted by atomic mass is 16.5. The van der Waals surface area contributed by atoms with E-state index in [1.54, 1.807) is 12.1 Å². The normalized spacial score (nSPS) is 10.7. The number of nitrogens with zero attached hydrogens (tertiary/aromatic N) is 1. The largest absolute Gasteiger partial charge is 0.508 e. The minimum absolute atomic E-state index is 0.290. The second-order valence-electron chi connectivity index (χ2n) is 4.73. The predicted octanol–water partition coefficient (Wildman–Crippen LogP) is 3.05. The molecule has 4 nitrogen and oxygen atoms in total. The van der Waals surface area contributed by atoms with Crippen LogP contribution in [0.25, 0.3) is 0 Å².